The summed E-state index contributed by atoms with van der Waals surface area (Å²) < 4.78 is 5.33. The van der Waals surface area contributed by atoms with Crippen molar-refractivity contribution in [3.63, 3.8) is 0 Å². The highest BCUT2D eigenvalue weighted by atomic mass is 35.5. The van der Waals surface area contributed by atoms with Crippen molar-refractivity contribution in [3.05, 3.63) is 33.8 Å². The lowest BCUT2D eigenvalue weighted by molar-refractivity contribution is 0.0450. The molecule has 0 bridgehead atoms. The van der Waals surface area contributed by atoms with Gasteiger partial charge in [0.25, 0.3) is 0 Å². The summed E-state index contributed by atoms with van der Waals surface area (Å²) in [4.78, 5) is 14.4. The number of ether oxygens (including phenoxy) is 1. The number of hydrogen-bond donors (Lipinski definition) is 0. The Bertz CT molecular complexity index is 480. The van der Waals surface area contributed by atoms with Crippen molar-refractivity contribution in [3.8, 4) is 0 Å². The molecule has 0 amide bonds. The van der Waals surface area contributed by atoms with Gasteiger partial charge < -0.3 is 4.74 Å². The molecule has 124 valence electrons. The Morgan fingerprint density at radius 3 is 2.23 bits per heavy atom. The van der Waals surface area contributed by atoms with E-state index in [1.807, 2.05) is 0 Å². The molecule has 0 aliphatic carbocycles. The molecule has 1 aromatic carbocycles. The first-order valence-corrected chi connectivity index (χ1v) is 8.39. The molecule has 0 aliphatic rings. The average molecular weight is 346 g/mol. The third-order valence-corrected chi connectivity index (χ3v) is 3.59. The molecule has 22 heavy (non-hydrogen) atoms. The summed E-state index contributed by atoms with van der Waals surface area (Å²) in [6.07, 6.45) is 0. The van der Waals surface area contributed by atoms with Crippen LogP contribution in [0.1, 0.15) is 38.1 Å². The van der Waals surface area contributed by atoms with Crippen LogP contribution in [0, 0.1) is 11.8 Å². The first-order chi connectivity index (χ1) is 10.3. The quantitative estimate of drug-likeness (QED) is 0.636. The largest absolute Gasteiger partial charge is 0.461 e. The lowest BCUT2D eigenvalue weighted by Gasteiger charge is -2.25. The van der Waals surface area contributed by atoms with E-state index in [9.17, 15) is 4.79 Å². The highest BCUT2D eigenvalue weighted by molar-refractivity contribution is 6.36. The molecule has 0 N–H and O–H groups in total. The monoisotopic (exact) mass is 345 g/mol. The summed E-state index contributed by atoms with van der Waals surface area (Å²) in [5.41, 5.74) is 0.352. The summed E-state index contributed by atoms with van der Waals surface area (Å²) in [6.45, 7) is 11.8. The maximum Gasteiger partial charge on any atom is 0.339 e. The lowest BCUT2D eigenvalue weighted by Crippen LogP contribution is -2.34. The van der Waals surface area contributed by atoms with E-state index in [0.29, 0.717) is 34.1 Å². The van der Waals surface area contributed by atoms with Crippen LogP contribution in [0.5, 0.6) is 0 Å². The van der Waals surface area contributed by atoms with Gasteiger partial charge in [-0.15, -0.1) is 0 Å². The normalized spacial score (nSPS) is 11.5. The number of hydrogen-bond acceptors (Lipinski definition) is 3. The number of carbonyl (C=O) groups is 1. The Morgan fingerprint density at radius 2 is 1.73 bits per heavy atom. The van der Waals surface area contributed by atoms with Crippen molar-refractivity contribution in [2.24, 2.45) is 11.8 Å². The summed E-state index contributed by atoms with van der Waals surface area (Å²) >= 11 is 11.8. The van der Waals surface area contributed by atoms with E-state index in [4.69, 9.17) is 27.9 Å². The average Bonchev–Trinajstić information content (AvgIpc) is 2.36. The molecule has 1 aromatic rings. The second-order valence-electron chi connectivity index (χ2n) is 6.31. The SMILES string of the molecule is CC(C)CN(CCOC(=O)c1ccc(Cl)cc1Cl)CC(C)C. The fourth-order valence-corrected chi connectivity index (χ4v) is 2.78. The van der Waals surface area contributed by atoms with Crippen LogP contribution in [0.2, 0.25) is 10.0 Å². The summed E-state index contributed by atoms with van der Waals surface area (Å²) in [5.74, 6) is 0.760. The predicted octanol–water partition coefficient (Wildman–Crippen LogP) is 4.76. The van der Waals surface area contributed by atoms with Crippen LogP contribution in [0.4, 0.5) is 0 Å². The van der Waals surface area contributed by atoms with Crippen LogP contribution in [-0.4, -0.2) is 37.1 Å². The van der Waals surface area contributed by atoms with E-state index in [1.165, 1.54) is 0 Å². The van der Waals surface area contributed by atoms with Crippen LogP contribution >= 0.6 is 23.2 Å². The number of halogens is 2. The number of rotatable bonds is 8. The van der Waals surface area contributed by atoms with Crippen molar-refractivity contribution in [2.45, 2.75) is 27.7 Å². The highest BCUT2D eigenvalue weighted by Crippen LogP contribution is 2.21. The Labute approximate surface area is 143 Å². The molecule has 5 heteroatoms. The lowest BCUT2D eigenvalue weighted by atomic mass is 10.1. The van der Waals surface area contributed by atoms with Gasteiger partial charge in [0, 0.05) is 24.7 Å². The Balaban J connectivity index is 2.51. The summed E-state index contributed by atoms with van der Waals surface area (Å²) in [7, 11) is 0. The van der Waals surface area contributed by atoms with Gasteiger partial charge in [-0.3, -0.25) is 4.90 Å². The highest BCUT2D eigenvalue weighted by Gasteiger charge is 2.14. The molecule has 0 unspecified atom stereocenters. The van der Waals surface area contributed by atoms with Gasteiger partial charge in [0.15, 0.2) is 0 Å². The smallest absolute Gasteiger partial charge is 0.339 e. The molecule has 0 aliphatic heterocycles. The molecule has 0 aromatic heterocycles. The Morgan fingerprint density at radius 1 is 1.14 bits per heavy atom. The first kappa shape index (κ1) is 19.3. The van der Waals surface area contributed by atoms with E-state index in [0.717, 1.165) is 19.6 Å². The third kappa shape index (κ3) is 6.99. The molecular formula is C17H25Cl2NO2. The summed E-state index contributed by atoms with van der Waals surface area (Å²) in [5, 5.41) is 0.820. The van der Waals surface area contributed by atoms with E-state index < -0.39 is 5.97 Å². The standard InChI is InChI=1S/C17H25Cl2NO2/c1-12(2)10-20(11-13(3)4)7-8-22-17(21)15-6-5-14(18)9-16(15)19/h5-6,9,12-13H,7-8,10-11H2,1-4H3. The topological polar surface area (TPSA) is 29.5 Å². The van der Waals surface area contributed by atoms with E-state index in [1.54, 1.807) is 18.2 Å². The molecular weight excluding hydrogens is 321 g/mol. The van der Waals surface area contributed by atoms with Crippen molar-refractivity contribution in [2.75, 3.05) is 26.2 Å². The molecule has 3 nitrogen and oxygen atoms in total. The van der Waals surface area contributed by atoms with Crippen LogP contribution in [-0.2, 0) is 4.74 Å². The van der Waals surface area contributed by atoms with Crippen LogP contribution in [0.15, 0.2) is 18.2 Å². The minimum absolute atomic E-state index is 0.318. The third-order valence-electron chi connectivity index (χ3n) is 3.04. The van der Waals surface area contributed by atoms with Crippen molar-refractivity contribution < 1.29 is 9.53 Å². The van der Waals surface area contributed by atoms with Gasteiger partial charge >= 0.3 is 5.97 Å². The zero-order chi connectivity index (χ0) is 16.7. The van der Waals surface area contributed by atoms with Gasteiger partial charge in [0.05, 0.1) is 10.6 Å². The molecule has 0 radical (unpaired) electrons. The van der Waals surface area contributed by atoms with Crippen LogP contribution < -0.4 is 0 Å². The fourth-order valence-electron chi connectivity index (χ4n) is 2.29. The first-order valence-electron chi connectivity index (χ1n) is 7.64. The molecule has 1 rings (SSSR count). The van der Waals surface area contributed by atoms with E-state index in [-0.39, 0.29) is 0 Å². The maximum absolute atomic E-state index is 12.0. The van der Waals surface area contributed by atoms with Crippen molar-refractivity contribution in [1.82, 2.24) is 4.90 Å². The van der Waals surface area contributed by atoms with Gasteiger partial charge in [-0.25, -0.2) is 4.79 Å². The minimum Gasteiger partial charge on any atom is -0.461 e. The Hall–Kier alpha value is -0.770. The maximum atomic E-state index is 12.0. The fraction of sp³-hybridized carbons (Fsp3) is 0.588. The van der Waals surface area contributed by atoms with E-state index in [2.05, 4.69) is 32.6 Å². The second kappa shape index (κ2) is 9.39. The minimum atomic E-state index is -0.407. The van der Waals surface area contributed by atoms with Gasteiger partial charge in [-0.1, -0.05) is 50.9 Å². The molecule has 0 heterocycles. The van der Waals surface area contributed by atoms with Gasteiger partial charge in [0.2, 0.25) is 0 Å². The van der Waals surface area contributed by atoms with Gasteiger partial charge in [-0.05, 0) is 30.0 Å². The molecule has 0 fully saturated rings. The predicted molar refractivity (Wildman–Crippen MR) is 92.9 cm³/mol. The zero-order valence-corrected chi connectivity index (χ0v) is 15.2. The molecule has 0 saturated carbocycles. The van der Waals surface area contributed by atoms with Crippen molar-refractivity contribution in [1.29, 1.82) is 0 Å². The van der Waals surface area contributed by atoms with Gasteiger partial charge in [-0.2, -0.15) is 0 Å². The molecule has 0 spiro atoms. The number of carbonyl (C=O) groups excluding carboxylic acids is 1. The molecule has 0 saturated heterocycles. The zero-order valence-electron chi connectivity index (χ0n) is 13.7. The number of benzene rings is 1. The van der Waals surface area contributed by atoms with Gasteiger partial charge in [0.1, 0.15) is 6.61 Å². The second-order valence-corrected chi connectivity index (χ2v) is 7.15. The number of nitrogens with zero attached hydrogens (tertiary/aromatic N) is 1. The van der Waals surface area contributed by atoms with Crippen molar-refractivity contribution >= 4 is 29.2 Å². The van der Waals surface area contributed by atoms with E-state index >= 15 is 0 Å². The van der Waals surface area contributed by atoms with Crippen LogP contribution in [0.3, 0.4) is 0 Å². The number of esters is 1. The molecule has 0 atom stereocenters. The van der Waals surface area contributed by atoms with Crippen LogP contribution in [0.25, 0.3) is 0 Å². The Kier molecular flexibility index (Phi) is 8.23. The summed E-state index contributed by atoms with van der Waals surface area (Å²) in [6, 6.07) is 4.77.